The fourth-order valence-corrected chi connectivity index (χ4v) is 10.2. The first-order valence-corrected chi connectivity index (χ1v) is 12.9. The molecule has 2 heteroatoms. The van der Waals surface area contributed by atoms with Gasteiger partial charge in [-0.2, -0.15) is 0 Å². The van der Waals surface area contributed by atoms with Crippen LogP contribution in [0, 0.1) is 7.14 Å². The predicted octanol–water partition coefficient (Wildman–Crippen LogP) is 4.56. The van der Waals surface area contributed by atoms with Crippen molar-refractivity contribution in [2.45, 2.75) is 0 Å². The zero-order valence-corrected chi connectivity index (χ0v) is 11.7. The minimum absolute atomic E-state index is 1.05. The van der Waals surface area contributed by atoms with Gasteiger partial charge in [0, 0.05) is 0 Å². The van der Waals surface area contributed by atoms with Gasteiger partial charge in [0.05, 0.1) is 0 Å². The van der Waals surface area contributed by atoms with Crippen molar-refractivity contribution < 1.29 is 0 Å². The molecule has 0 fully saturated rings. The number of benzene rings is 2. The fourth-order valence-electron chi connectivity index (χ4n) is 1.76. The maximum atomic E-state index is 2.67. The van der Waals surface area contributed by atoms with Crippen LogP contribution in [0.3, 0.4) is 0 Å². The Morgan fingerprint density at radius 1 is 0.714 bits per heavy atom. The summed E-state index contributed by atoms with van der Waals surface area (Å²) >= 11 is 1.62. The summed E-state index contributed by atoms with van der Waals surface area (Å²) in [6.07, 6.45) is 0. The van der Waals surface area contributed by atoms with Crippen LogP contribution < -0.4 is 0 Å². The zero-order valence-electron chi connectivity index (χ0n) is 7.37. The normalized spacial score (nSPS) is 15.1. The number of fused-ring (bicyclic) bond motifs is 3. The summed E-state index contributed by atoms with van der Waals surface area (Å²) in [6, 6.07) is 17.7. The Bertz CT molecular complexity index is 446. The van der Waals surface area contributed by atoms with Gasteiger partial charge in [-0.25, -0.2) is 0 Å². The maximum absolute atomic E-state index is 2.67. The molecule has 1 aliphatic heterocycles. The average Bonchev–Trinajstić information content (AvgIpc) is 2.55. The Balaban J connectivity index is 2.36. The number of halogens is 2. The first-order valence-electron chi connectivity index (χ1n) is 4.43. The Labute approximate surface area is 100 Å². The van der Waals surface area contributed by atoms with Crippen LogP contribution in [-0.4, -0.2) is 0 Å². The van der Waals surface area contributed by atoms with Gasteiger partial charge < -0.3 is 0 Å². The molecule has 0 radical (unpaired) electrons. The number of hydrogen-bond donors (Lipinski definition) is 0. The van der Waals surface area contributed by atoms with Gasteiger partial charge in [-0.3, -0.25) is 0 Å². The van der Waals surface area contributed by atoms with E-state index in [9.17, 15) is 0 Å². The van der Waals surface area contributed by atoms with Gasteiger partial charge in [-0.05, 0) is 0 Å². The van der Waals surface area contributed by atoms with Crippen molar-refractivity contribution in [2.75, 3.05) is 0 Å². The van der Waals surface area contributed by atoms with E-state index in [0.717, 1.165) is 0 Å². The zero-order chi connectivity index (χ0) is 9.54. The van der Waals surface area contributed by atoms with Gasteiger partial charge in [0.15, 0.2) is 0 Å². The van der Waals surface area contributed by atoms with Crippen molar-refractivity contribution in [3.8, 4) is 11.1 Å². The molecule has 0 amide bonds. The molecule has 2 aromatic carbocycles. The van der Waals surface area contributed by atoms with Gasteiger partial charge in [0.25, 0.3) is 0 Å². The van der Waals surface area contributed by atoms with Gasteiger partial charge in [-0.15, -0.1) is 0 Å². The van der Waals surface area contributed by atoms with E-state index < -0.39 is 15.8 Å². The van der Waals surface area contributed by atoms with Gasteiger partial charge in [-0.1, -0.05) is 0 Å². The molecule has 0 N–H and O–H groups in total. The molecule has 0 unspecified atom stereocenters. The molecule has 0 aliphatic carbocycles. The molecule has 1 heterocycles. The second-order valence-corrected chi connectivity index (χ2v) is 12.3. The Morgan fingerprint density at radius 3 is 1.64 bits per heavy atom. The minimum atomic E-state index is -1.05. The van der Waals surface area contributed by atoms with E-state index >= 15 is 0 Å². The van der Waals surface area contributed by atoms with E-state index in [4.69, 9.17) is 0 Å². The molecule has 3 rings (SSSR count). The quantitative estimate of drug-likeness (QED) is 0.563. The van der Waals surface area contributed by atoms with Crippen LogP contribution in [0.15, 0.2) is 48.5 Å². The van der Waals surface area contributed by atoms with Crippen LogP contribution in [0.5, 0.6) is 0 Å². The molecular weight excluding hydrogens is 398 g/mol. The second-order valence-electron chi connectivity index (χ2n) is 3.20. The first-order chi connectivity index (χ1) is 6.88. The molecule has 2 aromatic rings. The van der Waals surface area contributed by atoms with Crippen molar-refractivity contribution in [1.29, 1.82) is 0 Å². The third kappa shape index (κ3) is 1.23. The SMILES string of the molecule is II1c2ccccc2-c2ccccc21. The molecule has 0 spiro atoms. The van der Waals surface area contributed by atoms with Crippen molar-refractivity contribution in [3.63, 3.8) is 0 Å². The summed E-state index contributed by atoms with van der Waals surface area (Å²) in [4.78, 5) is 0. The van der Waals surface area contributed by atoms with E-state index in [-0.39, 0.29) is 0 Å². The van der Waals surface area contributed by atoms with Crippen LogP contribution in [0.1, 0.15) is 0 Å². The molecule has 0 saturated heterocycles. The van der Waals surface area contributed by atoms with Crippen molar-refractivity contribution in [1.82, 2.24) is 0 Å². The van der Waals surface area contributed by atoms with Gasteiger partial charge in [0.1, 0.15) is 0 Å². The van der Waals surface area contributed by atoms with Crippen molar-refractivity contribution in [3.05, 3.63) is 55.7 Å². The molecule has 0 aromatic heterocycles. The van der Waals surface area contributed by atoms with Crippen LogP contribution in [-0.2, 0) is 0 Å². The van der Waals surface area contributed by atoms with Crippen LogP contribution in [0.2, 0.25) is 0 Å². The standard InChI is InChI=1S/C12H8I2/c13-14-11-7-3-1-5-9(11)10-6-2-4-8-12(10)14/h1-8H. The van der Waals surface area contributed by atoms with E-state index in [1.165, 1.54) is 11.1 Å². The van der Waals surface area contributed by atoms with Gasteiger partial charge in [0.2, 0.25) is 0 Å². The third-order valence-corrected chi connectivity index (χ3v) is 12.2. The number of rotatable bonds is 0. The molecule has 0 bridgehead atoms. The third-order valence-electron chi connectivity index (χ3n) is 2.40. The summed E-state index contributed by atoms with van der Waals surface area (Å²) in [7, 11) is 0. The van der Waals surface area contributed by atoms with Crippen molar-refractivity contribution in [2.24, 2.45) is 0 Å². The monoisotopic (exact) mass is 406 g/mol. The van der Waals surface area contributed by atoms with Gasteiger partial charge >= 0.3 is 101 Å². The summed E-state index contributed by atoms with van der Waals surface area (Å²) < 4.78 is 3.22. The summed E-state index contributed by atoms with van der Waals surface area (Å²) in [5.41, 5.74) is 2.95. The fraction of sp³-hybridized carbons (Fsp3) is 0. The Hall–Kier alpha value is -0.1000. The summed E-state index contributed by atoms with van der Waals surface area (Å²) in [6.45, 7) is 0. The van der Waals surface area contributed by atoms with Crippen LogP contribution in [0.25, 0.3) is 11.1 Å². The molecule has 1 aliphatic rings. The predicted molar refractivity (Wildman–Crippen MR) is 77.3 cm³/mol. The number of hydrogen-bond acceptors (Lipinski definition) is 0. The molecular formula is C12H8I2. The van der Waals surface area contributed by atoms with E-state index in [1.807, 2.05) is 0 Å². The molecule has 0 nitrogen and oxygen atoms in total. The topological polar surface area (TPSA) is 0 Å². The summed E-state index contributed by atoms with van der Waals surface area (Å²) in [5.74, 6) is 0. The average molecular weight is 406 g/mol. The van der Waals surface area contributed by atoms with Crippen LogP contribution in [0.4, 0.5) is 0 Å². The second kappa shape index (κ2) is 3.48. The summed E-state index contributed by atoms with van der Waals surface area (Å²) in [5, 5.41) is 0. The van der Waals surface area contributed by atoms with Crippen molar-refractivity contribution >= 4 is 34.5 Å². The molecule has 14 heavy (non-hydrogen) atoms. The Kier molecular flexibility index (Phi) is 2.28. The first kappa shape index (κ1) is 9.15. The van der Waals surface area contributed by atoms with Crippen LogP contribution >= 0.6 is 34.5 Å². The van der Waals surface area contributed by atoms with E-state index in [0.29, 0.717) is 0 Å². The molecule has 0 atom stereocenters. The van der Waals surface area contributed by atoms with E-state index in [2.05, 4.69) is 67.1 Å². The van der Waals surface area contributed by atoms with E-state index in [1.54, 1.807) is 7.14 Å². The molecule has 70 valence electrons. The molecule has 0 saturated carbocycles. The Morgan fingerprint density at radius 2 is 1.14 bits per heavy atom.